The minimum absolute atomic E-state index is 0.607. The zero-order valence-corrected chi connectivity index (χ0v) is 14.1. The van der Waals surface area contributed by atoms with E-state index in [0.29, 0.717) is 5.13 Å². The number of benzene rings is 1. The SMILES string of the molecule is Cc1cc(-c2csc(N)n2)c(C)n1-c1ccc(N(C)C)cc1. The second-order valence-electron chi connectivity index (χ2n) is 5.60. The third kappa shape index (κ3) is 2.48. The van der Waals surface area contributed by atoms with Crippen LogP contribution in [0.3, 0.4) is 0 Å². The van der Waals surface area contributed by atoms with Crippen molar-refractivity contribution in [1.29, 1.82) is 0 Å². The molecule has 0 atom stereocenters. The van der Waals surface area contributed by atoms with Crippen molar-refractivity contribution >= 4 is 22.2 Å². The van der Waals surface area contributed by atoms with Crippen LogP contribution in [0.2, 0.25) is 0 Å². The number of nitrogen functional groups attached to an aromatic ring is 1. The quantitative estimate of drug-likeness (QED) is 0.798. The molecule has 2 heterocycles. The number of aryl methyl sites for hydroxylation is 1. The van der Waals surface area contributed by atoms with Gasteiger partial charge in [0.05, 0.1) is 5.69 Å². The molecule has 0 amide bonds. The smallest absolute Gasteiger partial charge is 0.180 e. The van der Waals surface area contributed by atoms with E-state index in [1.54, 1.807) is 0 Å². The van der Waals surface area contributed by atoms with Crippen molar-refractivity contribution in [2.45, 2.75) is 13.8 Å². The van der Waals surface area contributed by atoms with Gasteiger partial charge in [-0.25, -0.2) is 4.98 Å². The minimum Gasteiger partial charge on any atom is -0.378 e. The van der Waals surface area contributed by atoms with Crippen LogP contribution in [0.1, 0.15) is 11.4 Å². The van der Waals surface area contributed by atoms with Crippen molar-refractivity contribution in [2.75, 3.05) is 24.7 Å². The predicted octanol–water partition coefficient (Wildman–Crippen LogP) is 3.87. The Balaban J connectivity index is 2.06. The Morgan fingerprint density at radius 1 is 1.14 bits per heavy atom. The van der Waals surface area contributed by atoms with E-state index in [-0.39, 0.29) is 0 Å². The lowest BCUT2D eigenvalue weighted by molar-refractivity contribution is 0.965. The largest absolute Gasteiger partial charge is 0.378 e. The average molecular weight is 312 g/mol. The Labute approximate surface area is 134 Å². The molecule has 2 aromatic heterocycles. The summed E-state index contributed by atoms with van der Waals surface area (Å²) in [5.41, 5.74) is 12.6. The molecule has 0 saturated heterocycles. The molecule has 0 aliphatic heterocycles. The lowest BCUT2D eigenvalue weighted by Crippen LogP contribution is -2.08. The molecule has 0 radical (unpaired) electrons. The molecule has 0 bridgehead atoms. The van der Waals surface area contributed by atoms with Crippen molar-refractivity contribution in [2.24, 2.45) is 0 Å². The van der Waals surface area contributed by atoms with Crippen LogP contribution >= 0.6 is 11.3 Å². The Kier molecular flexibility index (Phi) is 3.66. The number of nitrogens with two attached hydrogens (primary N) is 1. The highest BCUT2D eigenvalue weighted by molar-refractivity contribution is 7.13. The fourth-order valence-corrected chi connectivity index (χ4v) is 3.29. The predicted molar refractivity (Wildman–Crippen MR) is 95.1 cm³/mol. The first kappa shape index (κ1) is 14.7. The number of hydrogen-bond acceptors (Lipinski definition) is 4. The van der Waals surface area contributed by atoms with Gasteiger partial charge in [0.25, 0.3) is 0 Å². The van der Waals surface area contributed by atoms with Crippen molar-refractivity contribution in [3.63, 3.8) is 0 Å². The highest BCUT2D eigenvalue weighted by Gasteiger charge is 2.14. The van der Waals surface area contributed by atoms with Gasteiger partial charge in [-0.1, -0.05) is 0 Å². The van der Waals surface area contributed by atoms with Crippen LogP contribution in [-0.4, -0.2) is 23.6 Å². The van der Waals surface area contributed by atoms with Gasteiger partial charge in [0.2, 0.25) is 0 Å². The van der Waals surface area contributed by atoms with E-state index in [4.69, 9.17) is 5.73 Å². The topological polar surface area (TPSA) is 47.1 Å². The standard InChI is InChI=1S/C17H20N4S/c1-11-9-15(16-10-22-17(18)19-16)12(2)21(11)14-7-5-13(6-8-14)20(3)4/h5-10H,1-4H3,(H2,18,19). The maximum Gasteiger partial charge on any atom is 0.180 e. The third-order valence-electron chi connectivity index (χ3n) is 3.85. The van der Waals surface area contributed by atoms with E-state index in [1.807, 2.05) is 19.5 Å². The molecule has 0 aliphatic carbocycles. The van der Waals surface area contributed by atoms with Crippen molar-refractivity contribution < 1.29 is 0 Å². The normalized spacial score (nSPS) is 10.9. The molecule has 3 rings (SSSR count). The first-order chi connectivity index (χ1) is 10.5. The molecule has 0 spiro atoms. The number of thiazole rings is 1. The lowest BCUT2D eigenvalue weighted by Gasteiger charge is -2.15. The van der Waals surface area contributed by atoms with E-state index >= 15 is 0 Å². The van der Waals surface area contributed by atoms with Crippen LogP contribution in [0.5, 0.6) is 0 Å². The van der Waals surface area contributed by atoms with Crippen LogP contribution in [0, 0.1) is 13.8 Å². The summed E-state index contributed by atoms with van der Waals surface area (Å²) in [4.78, 5) is 6.50. The van der Waals surface area contributed by atoms with Gasteiger partial charge < -0.3 is 15.2 Å². The molecular formula is C17H20N4S. The average Bonchev–Trinajstić information content (AvgIpc) is 3.03. The molecule has 0 unspecified atom stereocenters. The van der Waals surface area contributed by atoms with Crippen molar-refractivity contribution in [3.8, 4) is 16.9 Å². The first-order valence-electron chi connectivity index (χ1n) is 7.15. The molecular weight excluding hydrogens is 292 g/mol. The number of hydrogen-bond donors (Lipinski definition) is 1. The molecule has 22 heavy (non-hydrogen) atoms. The highest BCUT2D eigenvalue weighted by atomic mass is 32.1. The maximum absolute atomic E-state index is 5.76. The van der Waals surface area contributed by atoms with Gasteiger partial charge in [0.1, 0.15) is 0 Å². The number of aromatic nitrogens is 2. The number of nitrogens with zero attached hydrogens (tertiary/aromatic N) is 3. The summed E-state index contributed by atoms with van der Waals surface area (Å²) >= 11 is 1.48. The van der Waals surface area contributed by atoms with Gasteiger partial charge in [0, 0.05) is 47.8 Å². The fraction of sp³-hybridized carbons (Fsp3) is 0.235. The van der Waals surface area contributed by atoms with Gasteiger partial charge in [-0.2, -0.15) is 0 Å². The molecule has 114 valence electrons. The fourth-order valence-electron chi connectivity index (χ4n) is 2.73. The van der Waals surface area contributed by atoms with Gasteiger partial charge >= 0.3 is 0 Å². The summed E-state index contributed by atoms with van der Waals surface area (Å²) in [5, 5.41) is 2.62. The van der Waals surface area contributed by atoms with Crippen LogP contribution in [0.25, 0.3) is 16.9 Å². The minimum atomic E-state index is 0.607. The molecule has 0 fully saturated rings. The van der Waals surface area contributed by atoms with Gasteiger partial charge in [-0.3, -0.25) is 0 Å². The Bertz CT molecular complexity index is 797. The van der Waals surface area contributed by atoms with E-state index in [1.165, 1.54) is 28.4 Å². The summed E-state index contributed by atoms with van der Waals surface area (Å²) in [7, 11) is 4.10. The first-order valence-corrected chi connectivity index (χ1v) is 8.03. The van der Waals surface area contributed by atoms with Crippen LogP contribution in [0.4, 0.5) is 10.8 Å². The van der Waals surface area contributed by atoms with E-state index in [0.717, 1.165) is 16.9 Å². The van der Waals surface area contributed by atoms with E-state index in [2.05, 4.69) is 58.6 Å². The lowest BCUT2D eigenvalue weighted by atomic mass is 10.2. The maximum atomic E-state index is 5.76. The highest BCUT2D eigenvalue weighted by Crippen LogP contribution is 2.31. The van der Waals surface area contributed by atoms with Gasteiger partial charge in [-0.05, 0) is 44.2 Å². The molecule has 5 heteroatoms. The Morgan fingerprint density at radius 2 is 1.82 bits per heavy atom. The Hall–Kier alpha value is -2.27. The number of anilines is 2. The van der Waals surface area contributed by atoms with Crippen molar-refractivity contribution in [1.82, 2.24) is 9.55 Å². The van der Waals surface area contributed by atoms with Crippen molar-refractivity contribution in [3.05, 3.63) is 47.1 Å². The summed E-state index contributed by atoms with van der Waals surface area (Å²) < 4.78 is 2.25. The summed E-state index contributed by atoms with van der Waals surface area (Å²) in [6, 6.07) is 10.7. The van der Waals surface area contributed by atoms with E-state index in [9.17, 15) is 0 Å². The summed E-state index contributed by atoms with van der Waals surface area (Å²) in [6.45, 7) is 4.24. The molecule has 0 aliphatic rings. The van der Waals surface area contributed by atoms with Gasteiger partial charge in [-0.15, -0.1) is 11.3 Å². The van der Waals surface area contributed by atoms with Crippen LogP contribution in [0.15, 0.2) is 35.7 Å². The number of rotatable bonds is 3. The zero-order valence-electron chi connectivity index (χ0n) is 13.3. The third-order valence-corrected chi connectivity index (χ3v) is 4.53. The summed E-state index contributed by atoms with van der Waals surface area (Å²) in [5.74, 6) is 0. The molecule has 2 N–H and O–H groups in total. The van der Waals surface area contributed by atoms with E-state index < -0.39 is 0 Å². The Morgan fingerprint density at radius 3 is 2.36 bits per heavy atom. The van der Waals surface area contributed by atoms with Crippen LogP contribution in [-0.2, 0) is 0 Å². The second kappa shape index (κ2) is 5.50. The molecule has 4 nitrogen and oxygen atoms in total. The molecule has 0 saturated carbocycles. The molecule has 3 aromatic rings. The summed E-state index contributed by atoms with van der Waals surface area (Å²) in [6.07, 6.45) is 0. The monoisotopic (exact) mass is 312 g/mol. The van der Waals surface area contributed by atoms with Crippen LogP contribution < -0.4 is 10.6 Å². The molecule has 1 aromatic carbocycles. The second-order valence-corrected chi connectivity index (χ2v) is 6.49. The zero-order chi connectivity index (χ0) is 15.9. The van der Waals surface area contributed by atoms with Gasteiger partial charge in [0.15, 0.2) is 5.13 Å².